The number of pyridine rings is 2. The van der Waals surface area contributed by atoms with Crippen molar-refractivity contribution in [3.63, 3.8) is 0 Å². The first kappa shape index (κ1) is 31.3. The molecule has 0 spiro atoms. The van der Waals surface area contributed by atoms with Crippen molar-refractivity contribution in [2.45, 2.75) is 61.3 Å². The van der Waals surface area contributed by atoms with Crippen molar-refractivity contribution < 1.29 is 4.74 Å². The second-order valence-electron chi connectivity index (χ2n) is 8.46. The molecule has 3 rings (SSSR count). The number of hydrogen-bond donors (Lipinski definition) is 3. The first-order valence-electron chi connectivity index (χ1n) is 12.9. The predicted molar refractivity (Wildman–Crippen MR) is 155 cm³/mol. The lowest BCUT2D eigenvalue weighted by Gasteiger charge is -2.27. The summed E-state index contributed by atoms with van der Waals surface area (Å²) in [7, 11) is 0. The third-order valence-corrected chi connectivity index (χ3v) is 6.46. The van der Waals surface area contributed by atoms with Crippen LogP contribution in [-0.2, 0) is 0 Å². The molecule has 0 bridgehead atoms. The Kier molecular flexibility index (Phi) is 14.7. The molecule has 1 aliphatic rings. The molecule has 9 nitrogen and oxygen atoms in total. The van der Waals surface area contributed by atoms with Crippen molar-refractivity contribution in [3.05, 3.63) is 42.2 Å². The van der Waals surface area contributed by atoms with Gasteiger partial charge in [-0.15, -0.1) is 0 Å². The van der Waals surface area contributed by atoms with Crippen molar-refractivity contribution in [1.82, 2.24) is 19.7 Å². The predicted octanol–water partition coefficient (Wildman–Crippen LogP) is 4.91. The van der Waals surface area contributed by atoms with Gasteiger partial charge < -0.3 is 25.9 Å². The molecule has 1 fully saturated rings. The Bertz CT molecular complexity index is 892. The van der Waals surface area contributed by atoms with Gasteiger partial charge in [0, 0.05) is 68.4 Å². The Labute approximate surface area is 222 Å². The van der Waals surface area contributed by atoms with Crippen LogP contribution in [0, 0.1) is 5.41 Å². The van der Waals surface area contributed by atoms with Crippen LogP contribution in [0.25, 0.3) is 0 Å². The minimum Gasteiger partial charge on any atom is -0.478 e. The molecule has 36 heavy (non-hydrogen) atoms. The van der Waals surface area contributed by atoms with Crippen molar-refractivity contribution in [3.8, 4) is 5.88 Å². The molecule has 10 heteroatoms. The minimum absolute atomic E-state index is 0.165. The maximum absolute atomic E-state index is 5.91. The molecule has 1 saturated heterocycles. The van der Waals surface area contributed by atoms with Crippen LogP contribution in [0.1, 0.15) is 66.9 Å². The normalized spacial score (nSPS) is 13.9. The summed E-state index contributed by atoms with van der Waals surface area (Å²) in [5, 5.41) is 4.06. The van der Waals surface area contributed by atoms with E-state index in [0.29, 0.717) is 24.1 Å². The summed E-state index contributed by atoms with van der Waals surface area (Å²) >= 11 is 1.76. The number of amidine groups is 1. The van der Waals surface area contributed by atoms with E-state index in [1.165, 1.54) is 0 Å². The van der Waals surface area contributed by atoms with E-state index in [0.717, 1.165) is 50.3 Å². The van der Waals surface area contributed by atoms with Gasteiger partial charge in [0.15, 0.2) is 5.84 Å². The standard InChI is InChI=1S/C22H34N8OS.2C2H6/c1-4-27-28-21(24)17-5-6-20(26-16-17)31-14-9-22(2,3)8-11-29-12-13-30(32-29)18-7-10-25-19(23)15-18;2*1-2/h5-7,10,15-16,27H,4,8-9,11-14H2,1-3H3,(H2,23,25)(H2,24,28);2*1-2H3. The Morgan fingerprint density at radius 2 is 1.89 bits per heavy atom. The number of nitrogens with zero attached hydrogens (tertiary/aromatic N) is 5. The summed E-state index contributed by atoms with van der Waals surface area (Å²) in [6.07, 6.45) is 5.47. The molecule has 0 atom stereocenters. The van der Waals surface area contributed by atoms with Crippen LogP contribution in [0.4, 0.5) is 11.5 Å². The third kappa shape index (κ3) is 10.9. The molecule has 3 heterocycles. The van der Waals surface area contributed by atoms with E-state index in [-0.39, 0.29) is 5.41 Å². The second kappa shape index (κ2) is 16.9. The molecule has 0 aromatic carbocycles. The average molecular weight is 519 g/mol. The minimum atomic E-state index is 0.165. The summed E-state index contributed by atoms with van der Waals surface area (Å²) in [5.74, 6) is 1.57. The zero-order chi connectivity index (χ0) is 27.0. The Morgan fingerprint density at radius 3 is 2.53 bits per heavy atom. The molecule has 1 aliphatic heterocycles. The van der Waals surface area contributed by atoms with Crippen LogP contribution in [0.2, 0.25) is 0 Å². The topological polar surface area (TPSA) is 118 Å². The van der Waals surface area contributed by atoms with E-state index >= 15 is 0 Å². The molecule has 0 radical (unpaired) electrons. The highest BCUT2D eigenvalue weighted by molar-refractivity contribution is 7.98. The van der Waals surface area contributed by atoms with Gasteiger partial charge in [0.2, 0.25) is 5.88 Å². The maximum Gasteiger partial charge on any atom is 0.213 e. The van der Waals surface area contributed by atoms with Crippen molar-refractivity contribution in [1.29, 1.82) is 0 Å². The number of nitrogens with one attached hydrogen (secondary N) is 1. The van der Waals surface area contributed by atoms with E-state index in [1.807, 2.05) is 58.9 Å². The van der Waals surface area contributed by atoms with Crippen molar-refractivity contribution in [2.75, 3.05) is 42.8 Å². The van der Waals surface area contributed by atoms with Crippen LogP contribution in [0.5, 0.6) is 5.88 Å². The highest BCUT2D eigenvalue weighted by atomic mass is 32.2. The van der Waals surface area contributed by atoms with Crippen molar-refractivity contribution >= 4 is 29.5 Å². The summed E-state index contributed by atoms with van der Waals surface area (Å²) < 4.78 is 10.5. The molecular weight excluding hydrogens is 472 g/mol. The Hall–Kier alpha value is -2.72. The SMILES string of the molecule is CC.CC.CCN/N=C(\N)c1ccc(OCCC(C)(C)CCN2CCN(c3ccnc(N)c3)S2)nc1. The van der Waals surface area contributed by atoms with E-state index in [2.05, 4.69) is 43.0 Å². The molecule has 0 aliphatic carbocycles. The molecule has 202 valence electrons. The number of rotatable bonds is 11. The van der Waals surface area contributed by atoms with Gasteiger partial charge in [-0.05, 0) is 37.3 Å². The number of hydrazone groups is 1. The van der Waals surface area contributed by atoms with Gasteiger partial charge in [0.25, 0.3) is 0 Å². The summed E-state index contributed by atoms with van der Waals surface area (Å²) in [6.45, 7) is 18.9. The van der Waals surface area contributed by atoms with Crippen LogP contribution >= 0.6 is 12.1 Å². The van der Waals surface area contributed by atoms with Gasteiger partial charge in [-0.2, -0.15) is 5.10 Å². The fourth-order valence-electron chi connectivity index (χ4n) is 3.17. The van der Waals surface area contributed by atoms with E-state index in [9.17, 15) is 0 Å². The highest BCUT2D eigenvalue weighted by Gasteiger charge is 2.25. The number of ether oxygens (including phenoxy) is 1. The van der Waals surface area contributed by atoms with Gasteiger partial charge in [-0.3, -0.25) is 0 Å². The van der Waals surface area contributed by atoms with Crippen LogP contribution in [0.15, 0.2) is 41.8 Å². The molecular formula is C26H46N8OS. The number of hydrogen-bond acceptors (Lipinski definition) is 9. The monoisotopic (exact) mass is 518 g/mol. The number of nitrogens with two attached hydrogens (primary N) is 2. The molecule has 2 aromatic rings. The second-order valence-corrected chi connectivity index (χ2v) is 9.58. The van der Waals surface area contributed by atoms with E-state index < -0.39 is 0 Å². The number of nitrogen functional groups attached to an aromatic ring is 1. The van der Waals surface area contributed by atoms with Gasteiger partial charge in [0.05, 0.1) is 12.3 Å². The smallest absolute Gasteiger partial charge is 0.213 e. The van der Waals surface area contributed by atoms with E-state index in [4.69, 9.17) is 16.2 Å². The molecule has 0 amide bonds. The van der Waals surface area contributed by atoms with Gasteiger partial charge in [0.1, 0.15) is 5.82 Å². The fraction of sp³-hybridized carbons (Fsp3) is 0.577. The van der Waals surface area contributed by atoms with Crippen molar-refractivity contribution in [2.24, 2.45) is 16.3 Å². The molecule has 0 saturated carbocycles. The number of anilines is 2. The maximum atomic E-state index is 5.91. The van der Waals surface area contributed by atoms with Crippen LogP contribution < -0.4 is 25.9 Å². The zero-order valence-electron chi connectivity index (χ0n) is 23.1. The first-order chi connectivity index (χ1) is 17.4. The molecule has 5 N–H and O–H groups in total. The summed E-state index contributed by atoms with van der Waals surface area (Å²) in [6, 6.07) is 7.62. The largest absolute Gasteiger partial charge is 0.478 e. The zero-order valence-corrected chi connectivity index (χ0v) is 23.9. The quantitative estimate of drug-likeness (QED) is 0.165. The molecule has 0 unspecified atom stereocenters. The lowest BCUT2D eigenvalue weighted by Crippen LogP contribution is -2.23. The average Bonchev–Trinajstić information content (AvgIpc) is 3.38. The van der Waals surface area contributed by atoms with Gasteiger partial charge >= 0.3 is 0 Å². The fourth-order valence-corrected chi connectivity index (χ4v) is 4.16. The Balaban J connectivity index is 0.00000154. The Morgan fingerprint density at radius 1 is 1.14 bits per heavy atom. The lowest BCUT2D eigenvalue weighted by atomic mass is 9.86. The first-order valence-corrected chi connectivity index (χ1v) is 13.7. The third-order valence-electron chi connectivity index (χ3n) is 5.28. The van der Waals surface area contributed by atoms with Crippen LogP contribution in [-0.4, -0.2) is 52.9 Å². The van der Waals surface area contributed by atoms with Gasteiger partial charge in [-0.25, -0.2) is 14.3 Å². The van der Waals surface area contributed by atoms with Crippen LogP contribution in [0.3, 0.4) is 0 Å². The highest BCUT2D eigenvalue weighted by Crippen LogP contribution is 2.33. The van der Waals surface area contributed by atoms with E-state index in [1.54, 1.807) is 24.5 Å². The number of aromatic nitrogens is 2. The molecule has 2 aromatic heterocycles. The van der Waals surface area contributed by atoms with Gasteiger partial charge in [-0.1, -0.05) is 41.5 Å². The summed E-state index contributed by atoms with van der Waals surface area (Å²) in [5.41, 5.74) is 16.6. The lowest BCUT2D eigenvalue weighted by molar-refractivity contribution is 0.204. The summed E-state index contributed by atoms with van der Waals surface area (Å²) in [4.78, 5) is 8.41.